The first-order valence-electron chi connectivity index (χ1n) is 10.8. The molecule has 31 heavy (non-hydrogen) atoms. The van der Waals surface area contributed by atoms with Gasteiger partial charge in [-0.3, -0.25) is 14.5 Å². The first kappa shape index (κ1) is 22.7. The van der Waals surface area contributed by atoms with Gasteiger partial charge in [0.2, 0.25) is 11.8 Å². The third-order valence-corrected chi connectivity index (χ3v) is 5.84. The van der Waals surface area contributed by atoms with Crippen LogP contribution in [0.15, 0.2) is 48.5 Å². The van der Waals surface area contributed by atoms with Crippen molar-refractivity contribution in [3.05, 3.63) is 59.9 Å². The van der Waals surface area contributed by atoms with Crippen molar-refractivity contribution in [1.29, 1.82) is 0 Å². The lowest BCUT2D eigenvalue weighted by atomic mass is 10.1. The Morgan fingerprint density at radius 3 is 2.35 bits per heavy atom. The van der Waals surface area contributed by atoms with Gasteiger partial charge in [-0.2, -0.15) is 0 Å². The van der Waals surface area contributed by atoms with Crippen molar-refractivity contribution in [2.45, 2.75) is 26.3 Å². The molecule has 0 unspecified atom stereocenters. The Morgan fingerprint density at radius 1 is 1.06 bits per heavy atom. The quantitative estimate of drug-likeness (QED) is 0.740. The molecule has 166 valence electrons. The molecule has 0 saturated carbocycles. The van der Waals surface area contributed by atoms with E-state index >= 15 is 0 Å². The Kier molecular flexibility index (Phi) is 7.63. The lowest BCUT2D eigenvalue weighted by molar-refractivity contribution is -0.137. The van der Waals surface area contributed by atoms with Crippen LogP contribution in [0.5, 0.6) is 0 Å². The molecule has 0 aromatic heterocycles. The smallest absolute Gasteiger partial charge is 0.243 e. The summed E-state index contributed by atoms with van der Waals surface area (Å²) in [4.78, 5) is 31.2. The molecule has 2 aromatic carbocycles. The molecule has 1 heterocycles. The summed E-state index contributed by atoms with van der Waals surface area (Å²) in [5, 5.41) is 2.91. The maximum absolute atomic E-state index is 13.1. The maximum Gasteiger partial charge on any atom is 0.243 e. The number of hydrogen-bond donors (Lipinski definition) is 1. The number of para-hydroxylation sites is 1. The second-order valence-corrected chi connectivity index (χ2v) is 7.93. The summed E-state index contributed by atoms with van der Waals surface area (Å²) in [6, 6.07) is 13.9. The van der Waals surface area contributed by atoms with Crippen LogP contribution in [0.4, 0.5) is 15.8 Å². The van der Waals surface area contributed by atoms with E-state index in [2.05, 4.69) is 15.1 Å². The minimum Gasteiger partial charge on any atom is -0.369 e. The lowest BCUT2D eigenvalue weighted by Gasteiger charge is -2.39. The van der Waals surface area contributed by atoms with Crippen molar-refractivity contribution in [3.63, 3.8) is 0 Å². The van der Waals surface area contributed by atoms with Gasteiger partial charge < -0.3 is 15.1 Å². The zero-order valence-electron chi connectivity index (χ0n) is 18.5. The summed E-state index contributed by atoms with van der Waals surface area (Å²) in [7, 11) is 1.67. The summed E-state index contributed by atoms with van der Waals surface area (Å²) in [5.41, 5.74) is 2.85. The second-order valence-electron chi connectivity index (χ2n) is 7.93. The molecule has 2 amide bonds. The predicted octanol–water partition coefficient (Wildman–Crippen LogP) is 3.00. The molecule has 1 atom stereocenters. The number of nitrogens with one attached hydrogen (secondary N) is 1. The van der Waals surface area contributed by atoms with Crippen LogP contribution in [0.1, 0.15) is 19.4 Å². The molecule has 0 bridgehead atoms. The molecular weight excluding hydrogens is 395 g/mol. The van der Waals surface area contributed by atoms with Crippen LogP contribution in [0.25, 0.3) is 0 Å². The lowest BCUT2D eigenvalue weighted by Crippen LogP contribution is -2.54. The molecule has 6 nitrogen and oxygen atoms in total. The molecule has 0 aliphatic carbocycles. The highest BCUT2D eigenvalue weighted by molar-refractivity contribution is 5.95. The number of nitrogens with zero attached hydrogens (tertiary/aromatic N) is 3. The Bertz CT molecular complexity index is 895. The number of carbonyl (C=O) groups is 2. The average Bonchev–Trinajstić information content (AvgIpc) is 2.79. The van der Waals surface area contributed by atoms with E-state index in [4.69, 9.17) is 0 Å². The SMILES string of the molecule is CCc1ccccc1NC(=O)CN(C)C(=O)[C@H](C)N1CCN(c2ccc(F)cc2)CC1. The van der Waals surface area contributed by atoms with Crippen LogP contribution >= 0.6 is 0 Å². The van der Waals surface area contributed by atoms with Gasteiger partial charge in [0.15, 0.2) is 0 Å². The molecule has 1 fully saturated rings. The van der Waals surface area contributed by atoms with E-state index in [-0.39, 0.29) is 30.2 Å². The van der Waals surface area contributed by atoms with Gasteiger partial charge in [0.05, 0.1) is 12.6 Å². The van der Waals surface area contributed by atoms with Crippen molar-refractivity contribution in [2.75, 3.05) is 50.0 Å². The Hall–Kier alpha value is -2.93. The molecule has 0 radical (unpaired) electrons. The fraction of sp³-hybridized carbons (Fsp3) is 0.417. The van der Waals surface area contributed by atoms with Crippen molar-refractivity contribution in [2.24, 2.45) is 0 Å². The summed E-state index contributed by atoms with van der Waals surface area (Å²) in [6.45, 7) is 6.93. The summed E-state index contributed by atoms with van der Waals surface area (Å²) >= 11 is 0. The standard InChI is InChI=1S/C24H31FN4O2/c1-4-19-7-5-6-8-22(19)26-23(30)17-27(3)24(31)18(2)28-13-15-29(16-14-28)21-11-9-20(25)10-12-21/h5-12,18H,4,13-17H2,1-3H3,(H,26,30)/t18-/m0/s1. The molecule has 1 N–H and O–H groups in total. The van der Waals surface area contributed by atoms with Crippen LogP contribution in [0.2, 0.25) is 0 Å². The van der Waals surface area contributed by atoms with E-state index in [0.717, 1.165) is 49.5 Å². The summed E-state index contributed by atoms with van der Waals surface area (Å²) in [6.07, 6.45) is 0.826. The fourth-order valence-corrected chi connectivity index (χ4v) is 3.93. The highest BCUT2D eigenvalue weighted by atomic mass is 19.1. The number of likely N-dealkylation sites (N-methyl/N-ethyl adjacent to an activating group) is 1. The Morgan fingerprint density at radius 2 is 1.71 bits per heavy atom. The number of aryl methyl sites for hydroxylation is 1. The first-order valence-corrected chi connectivity index (χ1v) is 10.8. The van der Waals surface area contributed by atoms with Gasteiger partial charge in [0.25, 0.3) is 0 Å². The molecular formula is C24H31FN4O2. The van der Waals surface area contributed by atoms with Crippen LogP contribution in [0, 0.1) is 5.82 Å². The number of anilines is 2. The number of piperazine rings is 1. The summed E-state index contributed by atoms with van der Waals surface area (Å²) < 4.78 is 13.1. The largest absolute Gasteiger partial charge is 0.369 e. The van der Waals surface area contributed by atoms with Gasteiger partial charge in [-0.25, -0.2) is 4.39 Å². The van der Waals surface area contributed by atoms with Crippen molar-refractivity contribution in [3.8, 4) is 0 Å². The van der Waals surface area contributed by atoms with Gasteiger partial charge in [0.1, 0.15) is 5.82 Å². The highest BCUT2D eigenvalue weighted by Crippen LogP contribution is 2.18. The number of hydrogen-bond acceptors (Lipinski definition) is 4. The molecule has 2 aromatic rings. The van der Waals surface area contributed by atoms with Gasteiger partial charge in [0, 0.05) is 44.6 Å². The molecule has 7 heteroatoms. The zero-order chi connectivity index (χ0) is 22.4. The van der Waals surface area contributed by atoms with E-state index in [1.54, 1.807) is 19.2 Å². The number of rotatable bonds is 7. The van der Waals surface area contributed by atoms with Crippen LogP contribution in [0.3, 0.4) is 0 Å². The predicted molar refractivity (Wildman–Crippen MR) is 122 cm³/mol. The second kappa shape index (κ2) is 10.4. The first-order chi connectivity index (χ1) is 14.9. The molecule has 1 aliphatic rings. The maximum atomic E-state index is 13.1. The van der Waals surface area contributed by atoms with Gasteiger partial charge >= 0.3 is 0 Å². The number of carbonyl (C=O) groups excluding carboxylic acids is 2. The van der Waals surface area contributed by atoms with Crippen molar-refractivity contribution < 1.29 is 14.0 Å². The summed E-state index contributed by atoms with van der Waals surface area (Å²) in [5.74, 6) is -0.522. The van der Waals surface area contributed by atoms with Gasteiger partial charge in [-0.15, -0.1) is 0 Å². The zero-order valence-corrected chi connectivity index (χ0v) is 18.5. The van der Waals surface area contributed by atoms with Gasteiger partial charge in [-0.1, -0.05) is 25.1 Å². The van der Waals surface area contributed by atoms with Crippen molar-refractivity contribution >= 4 is 23.2 Å². The fourth-order valence-electron chi connectivity index (χ4n) is 3.93. The topological polar surface area (TPSA) is 55.9 Å². The van der Waals surface area contributed by atoms with Crippen LogP contribution in [-0.2, 0) is 16.0 Å². The Labute approximate surface area is 183 Å². The molecule has 0 spiro atoms. The third kappa shape index (κ3) is 5.82. The molecule has 1 saturated heterocycles. The van der Waals surface area contributed by atoms with Crippen LogP contribution in [-0.4, -0.2) is 67.4 Å². The Balaban J connectivity index is 1.50. The number of benzene rings is 2. The highest BCUT2D eigenvalue weighted by Gasteiger charge is 2.28. The number of halogens is 1. The van der Waals surface area contributed by atoms with Crippen LogP contribution < -0.4 is 10.2 Å². The molecule has 1 aliphatic heterocycles. The van der Waals surface area contributed by atoms with E-state index in [1.165, 1.54) is 17.0 Å². The van der Waals surface area contributed by atoms with E-state index in [9.17, 15) is 14.0 Å². The van der Waals surface area contributed by atoms with E-state index < -0.39 is 0 Å². The minimum absolute atomic E-state index is 0.0107. The molecule has 3 rings (SSSR count). The van der Waals surface area contributed by atoms with Gasteiger partial charge in [-0.05, 0) is 49.2 Å². The third-order valence-electron chi connectivity index (χ3n) is 5.84. The van der Waals surface area contributed by atoms with E-state index in [1.807, 2.05) is 38.1 Å². The normalized spacial score (nSPS) is 15.4. The van der Waals surface area contributed by atoms with Crippen molar-refractivity contribution in [1.82, 2.24) is 9.80 Å². The average molecular weight is 427 g/mol. The minimum atomic E-state index is -0.309. The van der Waals surface area contributed by atoms with E-state index in [0.29, 0.717) is 0 Å². The number of amides is 2. The monoisotopic (exact) mass is 426 g/mol.